The number of hydrogen-bond donors (Lipinski definition) is 1. The van der Waals surface area contributed by atoms with Crippen molar-refractivity contribution in [3.8, 4) is 0 Å². The van der Waals surface area contributed by atoms with Crippen molar-refractivity contribution in [2.75, 3.05) is 0 Å². The first-order chi connectivity index (χ1) is 8.60. The molecule has 4 nitrogen and oxygen atoms in total. The van der Waals surface area contributed by atoms with Crippen molar-refractivity contribution in [1.82, 2.24) is 15.0 Å². The zero-order valence-electron chi connectivity index (χ0n) is 9.85. The Morgan fingerprint density at radius 1 is 1.50 bits per heavy atom. The lowest BCUT2D eigenvalue weighted by atomic mass is 10.2. The van der Waals surface area contributed by atoms with Crippen molar-refractivity contribution < 1.29 is 9.50 Å². The van der Waals surface area contributed by atoms with Gasteiger partial charge in [0.25, 0.3) is 0 Å². The maximum Gasteiger partial charge on any atom is 0.124 e. The maximum absolute atomic E-state index is 12.9. The van der Waals surface area contributed by atoms with Crippen LogP contribution in [0.5, 0.6) is 0 Å². The van der Waals surface area contributed by atoms with Gasteiger partial charge in [0.2, 0.25) is 0 Å². The molecule has 6 heteroatoms. The molecule has 0 amide bonds. The maximum atomic E-state index is 12.9. The summed E-state index contributed by atoms with van der Waals surface area (Å²) in [7, 11) is 0. The lowest BCUT2D eigenvalue weighted by Crippen LogP contribution is -2.01. The fourth-order valence-corrected chi connectivity index (χ4v) is 1.80. The third-order valence-corrected chi connectivity index (χ3v) is 2.98. The first-order valence-corrected chi connectivity index (χ1v) is 6.00. The van der Waals surface area contributed by atoms with Gasteiger partial charge in [-0.15, -0.1) is 5.10 Å². The van der Waals surface area contributed by atoms with Crippen LogP contribution in [0, 0.1) is 5.82 Å². The van der Waals surface area contributed by atoms with Gasteiger partial charge in [0, 0.05) is 5.02 Å². The standard InChI is InChI=1S/C12H13ClFN3O/c1-2-12(18)11-7-17(16-15-11)6-8-3-4-9(14)5-10(8)13/h3-5,7,12,18H,2,6H2,1H3. The van der Waals surface area contributed by atoms with Crippen molar-refractivity contribution >= 4 is 11.6 Å². The van der Waals surface area contributed by atoms with E-state index in [1.165, 1.54) is 12.1 Å². The van der Waals surface area contributed by atoms with Crippen LogP contribution in [-0.2, 0) is 6.54 Å². The average molecular weight is 270 g/mol. The second-order valence-corrected chi connectivity index (χ2v) is 4.41. The van der Waals surface area contributed by atoms with Crippen molar-refractivity contribution in [3.63, 3.8) is 0 Å². The second-order valence-electron chi connectivity index (χ2n) is 4.00. The molecule has 0 saturated heterocycles. The highest BCUT2D eigenvalue weighted by molar-refractivity contribution is 6.31. The number of aromatic nitrogens is 3. The monoisotopic (exact) mass is 269 g/mol. The summed E-state index contributed by atoms with van der Waals surface area (Å²) in [5.41, 5.74) is 1.27. The summed E-state index contributed by atoms with van der Waals surface area (Å²) in [6, 6.07) is 4.21. The highest BCUT2D eigenvalue weighted by atomic mass is 35.5. The number of rotatable bonds is 4. The zero-order chi connectivity index (χ0) is 13.1. The molecule has 0 radical (unpaired) electrons. The molecule has 1 heterocycles. The molecule has 1 aromatic carbocycles. The van der Waals surface area contributed by atoms with Gasteiger partial charge in [-0.3, -0.25) is 0 Å². The van der Waals surface area contributed by atoms with Crippen LogP contribution in [-0.4, -0.2) is 20.1 Å². The molecule has 0 aliphatic carbocycles. The Morgan fingerprint density at radius 2 is 2.28 bits per heavy atom. The van der Waals surface area contributed by atoms with Gasteiger partial charge < -0.3 is 5.11 Å². The Bertz CT molecular complexity index is 544. The Kier molecular flexibility index (Phi) is 3.93. The molecule has 0 fully saturated rings. The van der Waals surface area contributed by atoms with Gasteiger partial charge in [-0.2, -0.15) is 0 Å². The van der Waals surface area contributed by atoms with E-state index < -0.39 is 6.10 Å². The highest BCUT2D eigenvalue weighted by Crippen LogP contribution is 2.19. The molecule has 1 N–H and O–H groups in total. The van der Waals surface area contributed by atoms with E-state index in [-0.39, 0.29) is 5.82 Å². The molecule has 18 heavy (non-hydrogen) atoms. The lowest BCUT2D eigenvalue weighted by Gasteiger charge is -2.04. The van der Waals surface area contributed by atoms with E-state index in [2.05, 4.69) is 10.3 Å². The normalized spacial score (nSPS) is 12.7. The van der Waals surface area contributed by atoms with Crippen LogP contribution in [0.3, 0.4) is 0 Å². The van der Waals surface area contributed by atoms with Crippen LogP contribution < -0.4 is 0 Å². The first kappa shape index (κ1) is 13.0. The van der Waals surface area contributed by atoms with E-state index in [9.17, 15) is 9.50 Å². The van der Waals surface area contributed by atoms with E-state index in [0.717, 1.165) is 5.56 Å². The first-order valence-electron chi connectivity index (χ1n) is 5.62. The largest absolute Gasteiger partial charge is 0.387 e. The minimum absolute atomic E-state index is 0.350. The number of benzene rings is 1. The Hall–Kier alpha value is -1.46. The Balaban J connectivity index is 2.16. The van der Waals surface area contributed by atoms with Gasteiger partial charge in [-0.1, -0.05) is 29.8 Å². The topological polar surface area (TPSA) is 50.9 Å². The molecule has 1 unspecified atom stereocenters. The van der Waals surface area contributed by atoms with Crippen LogP contribution in [0.4, 0.5) is 4.39 Å². The predicted molar refractivity (Wildman–Crippen MR) is 65.8 cm³/mol. The summed E-state index contributed by atoms with van der Waals surface area (Å²) in [5, 5.41) is 17.7. The highest BCUT2D eigenvalue weighted by Gasteiger charge is 2.10. The third kappa shape index (κ3) is 2.86. The molecule has 0 saturated carbocycles. The molecule has 0 spiro atoms. The van der Waals surface area contributed by atoms with Crippen molar-refractivity contribution in [2.24, 2.45) is 0 Å². The van der Waals surface area contributed by atoms with Crippen LogP contribution in [0.1, 0.15) is 30.7 Å². The van der Waals surface area contributed by atoms with Gasteiger partial charge in [0.15, 0.2) is 0 Å². The van der Waals surface area contributed by atoms with E-state index >= 15 is 0 Å². The van der Waals surface area contributed by atoms with Crippen molar-refractivity contribution in [2.45, 2.75) is 26.0 Å². The Morgan fingerprint density at radius 3 is 2.94 bits per heavy atom. The SMILES string of the molecule is CCC(O)c1cn(Cc2ccc(F)cc2Cl)nn1. The predicted octanol–water partition coefficient (Wildman–Crippen LogP) is 2.56. The van der Waals surface area contributed by atoms with Crippen LogP contribution in [0.15, 0.2) is 24.4 Å². The number of halogens is 2. The smallest absolute Gasteiger partial charge is 0.124 e. The molecule has 1 atom stereocenters. The summed E-state index contributed by atoms with van der Waals surface area (Å²) in [6.07, 6.45) is 1.63. The molecule has 96 valence electrons. The summed E-state index contributed by atoms with van der Waals surface area (Å²) in [6.45, 7) is 2.25. The lowest BCUT2D eigenvalue weighted by molar-refractivity contribution is 0.168. The molecular formula is C12H13ClFN3O. The molecule has 1 aromatic heterocycles. The van der Waals surface area contributed by atoms with E-state index in [1.807, 2.05) is 6.92 Å². The number of aliphatic hydroxyl groups is 1. The summed E-state index contributed by atoms with van der Waals surface area (Å²) < 4.78 is 14.5. The minimum Gasteiger partial charge on any atom is -0.387 e. The molecule has 0 aliphatic rings. The number of aliphatic hydroxyl groups excluding tert-OH is 1. The van der Waals surface area contributed by atoms with Gasteiger partial charge in [-0.25, -0.2) is 9.07 Å². The zero-order valence-corrected chi connectivity index (χ0v) is 10.6. The average Bonchev–Trinajstić information content (AvgIpc) is 2.80. The van der Waals surface area contributed by atoms with Crippen LogP contribution in [0.2, 0.25) is 5.02 Å². The van der Waals surface area contributed by atoms with Crippen molar-refractivity contribution in [1.29, 1.82) is 0 Å². The van der Waals surface area contributed by atoms with Gasteiger partial charge in [0.05, 0.1) is 18.8 Å². The van der Waals surface area contributed by atoms with Crippen LogP contribution in [0.25, 0.3) is 0 Å². The van der Waals surface area contributed by atoms with Gasteiger partial charge in [0.1, 0.15) is 11.5 Å². The fraction of sp³-hybridized carbons (Fsp3) is 0.333. The number of nitrogens with zero attached hydrogens (tertiary/aromatic N) is 3. The van der Waals surface area contributed by atoms with E-state index in [0.29, 0.717) is 23.7 Å². The van der Waals surface area contributed by atoms with E-state index in [4.69, 9.17) is 11.6 Å². The fourth-order valence-electron chi connectivity index (χ4n) is 1.58. The van der Waals surface area contributed by atoms with E-state index in [1.54, 1.807) is 16.9 Å². The van der Waals surface area contributed by atoms with Gasteiger partial charge in [-0.05, 0) is 24.1 Å². The van der Waals surface area contributed by atoms with Gasteiger partial charge >= 0.3 is 0 Å². The molecule has 0 bridgehead atoms. The summed E-state index contributed by atoms with van der Waals surface area (Å²) in [5.74, 6) is -0.371. The quantitative estimate of drug-likeness (QED) is 0.928. The number of hydrogen-bond acceptors (Lipinski definition) is 3. The third-order valence-electron chi connectivity index (χ3n) is 2.63. The molecule has 2 aromatic rings. The second kappa shape index (κ2) is 5.46. The van der Waals surface area contributed by atoms with Crippen molar-refractivity contribution in [3.05, 3.63) is 46.5 Å². The molecule has 0 aliphatic heterocycles. The Labute approximate surface area is 109 Å². The summed E-state index contributed by atoms with van der Waals surface area (Å²) >= 11 is 5.93. The minimum atomic E-state index is -0.609. The summed E-state index contributed by atoms with van der Waals surface area (Å²) in [4.78, 5) is 0. The van der Waals surface area contributed by atoms with Crippen LogP contribution >= 0.6 is 11.6 Å². The molecule has 2 rings (SSSR count). The molecular weight excluding hydrogens is 257 g/mol.